The van der Waals surface area contributed by atoms with E-state index in [1.165, 1.54) is 10.8 Å². The number of aromatic nitrogens is 1. The Balaban J connectivity index is 1.94. The van der Waals surface area contributed by atoms with Crippen molar-refractivity contribution < 1.29 is 4.57 Å². The van der Waals surface area contributed by atoms with Gasteiger partial charge in [0.05, 0.1) is 6.57 Å². The molecule has 0 radical (unpaired) electrons. The predicted octanol–water partition coefficient (Wildman–Crippen LogP) is 4.85. The minimum absolute atomic E-state index is 0.222. The highest BCUT2D eigenvalue weighted by Crippen LogP contribution is 2.33. The van der Waals surface area contributed by atoms with E-state index in [9.17, 15) is 0 Å². The standard InChI is InChI=1S/C23H23N4/c1-16-12-19-8-6-7-9-20(19)15-27(16)23-14-21(24-4)13-22(17(23)2)26-11-10-25(5)18(26)3/h6-15,18H,1-3,5H3/q+1/t18-/m1/s1. The Kier molecular flexibility index (Phi) is 4.08. The van der Waals surface area contributed by atoms with Crippen molar-refractivity contribution in [1.82, 2.24) is 4.90 Å². The van der Waals surface area contributed by atoms with Crippen LogP contribution >= 0.6 is 0 Å². The van der Waals surface area contributed by atoms with E-state index in [1.807, 2.05) is 12.1 Å². The maximum Gasteiger partial charge on any atom is 0.205 e. The molecule has 0 amide bonds. The Labute approximate surface area is 160 Å². The second-order valence-electron chi connectivity index (χ2n) is 7.14. The van der Waals surface area contributed by atoms with Crippen molar-refractivity contribution in [2.24, 2.45) is 0 Å². The van der Waals surface area contributed by atoms with Gasteiger partial charge in [-0.2, -0.15) is 4.57 Å². The van der Waals surface area contributed by atoms with E-state index < -0.39 is 0 Å². The number of hydrogen-bond acceptors (Lipinski definition) is 2. The highest BCUT2D eigenvalue weighted by molar-refractivity contribution is 5.81. The van der Waals surface area contributed by atoms with Crippen LogP contribution in [0.2, 0.25) is 0 Å². The molecule has 0 N–H and O–H groups in total. The molecule has 4 rings (SSSR count). The highest BCUT2D eigenvalue weighted by Gasteiger charge is 2.26. The molecule has 0 bridgehead atoms. The van der Waals surface area contributed by atoms with Gasteiger partial charge in [-0.15, -0.1) is 0 Å². The molecule has 0 fully saturated rings. The van der Waals surface area contributed by atoms with Gasteiger partial charge in [0.1, 0.15) is 6.17 Å². The molecule has 0 spiro atoms. The zero-order valence-corrected chi connectivity index (χ0v) is 16.1. The third-order valence-electron chi connectivity index (χ3n) is 5.47. The lowest BCUT2D eigenvalue weighted by molar-refractivity contribution is -0.601. The summed E-state index contributed by atoms with van der Waals surface area (Å²) in [6.07, 6.45) is 6.55. The van der Waals surface area contributed by atoms with Crippen molar-refractivity contribution in [1.29, 1.82) is 0 Å². The van der Waals surface area contributed by atoms with Crippen LogP contribution in [0.25, 0.3) is 21.3 Å². The van der Waals surface area contributed by atoms with Gasteiger partial charge in [0, 0.05) is 55.1 Å². The molecule has 4 nitrogen and oxygen atoms in total. The molecule has 1 aliphatic heterocycles. The number of rotatable bonds is 2. The summed E-state index contributed by atoms with van der Waals surface area (Å²) in [6.45, 7) is 14.0. The first-order chi connectivity index (χ1) is 13.0. The van der Waals surface area contributed by atoms with E-state index in [0.717, 1.165) is 22.6 Å². The van der Waals surface area contributed by atoms with E-state index >= 15 is 0 Å². The molecule has 1 aliphatic rings. The Bertz CT molecular complexity index is 1110. The number of benzene rings is 2. The fourth-order valence-corrected chi connectivity index (χ4v) is 3.71. The van der Waals surface area contributed by atoms with Crippen molar-refractivity contribution in [2.75, 3.05) is 11.9 Å². The molecular weight excluding hydrogens is 332 g/mol. The van der Waals surface area contributed by atoms with Crippen LogP contribution < -0.4 is 9.47 Å². The van der Waals surface area contributed by atoms with Crippen LogP contribution in [0.3, 0.4) is 0 Å². The topological polar surface area (TPSA) is 14.7 Å². The van der Waals surface area contributed by atoms with E-state index in [0.29, 0.717) is 5.69 Å². The van der Waals surface area contributed by atoms with Gasteiger partial charge in [-0.1, -0.05) is 18.2 Å². The van der Waals surface area contributed by atoms with Gasteiger partial charge in [0.2, 0.25) is 5.69 Å². The van der Waals surface area contributed by atoms with Crippen LogP contribution in [0.15, 0.2) is 61.1 Å². The van der Waals surface area contributed by atoms with Gasteiger partial charge in [-0.05, 0) is 31.4 Å². The molecule has 0 aliphatic carbocycles. The number of anilines is 1. The SMILES string of the molecule is [C-]#[N+]c1cc(N2C=CN(C)[C@H]2C)c(C)c(-[n+]2cc3ccccc3cc2C)c1. The van der Waals surface area contributed by atoms with Crippen molar-refractivity contribution in [3.63, 3.8) is 0 Å². The number of nitrogens with zero attached hydrogens (tertiary/aromatic N) is 4. The maximum absolute atomic E-state index is 7.58. The summed E-state index contributed by atoms with van der Waals surface area (Å²) < 4.78 is 2.20. The fraction of sp³-hybridized carbons (Fsp3) is 0.217. The molecule has 0 saturated carbocycles. The Morgan fingerprint density at radius 1 is 1.04 bits per heavy atom. The van der Waals surface area contributed by atoms with Crippen LogP contribution in [0, 0.1) is 20.4 Å². The molecule has 27 heavy (non-hydrogen) atoms. The van der Waals surface area contributed by atoms with Crippen LogP contribution in [0.4, 0.5) is 11.4 Å². The number of fused-ring (bicyclic) bond motifs is 1. The molecule has 1 atom stereocenters. The van der Waals surface area contributed by atoms with Gasteiger partial charge in [0.25, 0.3) is 0 Å². The molecule has 0 saturated heterocycles. The third kappa shape index (κ3) is 2.82. The molecule has 3 aromatic rings. The number of hydrogen-bond donors (Lipinski definition) is 0. The van der Waals surface area contributed by atoms with Crippen molar-refractivity contribution >= 4 is 22.1 Å². The van der Waals surface area contributed by atoms with Crippen molar-refractivity contribution in [3.8, 4) is 5.69 Å². The van der Waals surface area contributed by atoms with Crippen molar-refractivity contribution in [2.45, 2.75) is 26.9 Å². The quantitative estimate of drug-likeness (QED) is 0.482. The first-order valence-corrected chi connectivity index (χ1v) is 9.12. The van der Waals surface area contributed by atoms with Gasteiger partial charge in [-0.3, -0.25) is 0 Å². The number of pyridine rings is 1. The monoisotopic (exact) mass is 355 g/mol. The maximum atomic E-state index is 7.58. The zero-order valence-electron chi connectivity index (χ0n) is 16.1. The molecule has 134 valence electrons. The second kappa shape index (κ2) is 6.44. The normalized spacial score (nSPS) is 16.2. The van der Waals surface area contributed by atoms with Crippen LogP contribution in [0.1, 0.15) is 18.2 Å². The van der Waals surface area contributed by atoms with E-state index in [4.69, 9.17) is 6.57 Å². The van der Waals surface area contributed by atoms with Crippen LogP contribution in [0.5, 0.6) is 0 Å². The summed E-state index contributed by atoms with van der Waals surface area (Å²) in [5.74, 6) is 0. The van der Waals surface area contributed by atoms with Gasteiger partial charge in [0.15, 0.2) is 17.6 Å². The largest absolute Gasteiger partial charge is 0.359 e. The highest BCUT2D eigenvalue weighted by atomic mass is 15.4. The first-order valence-electron chi connectivity index (χ1n) is 9.12. The van der Waals surface area contributed by atoms with E-state index in [-0.39, 0.29) is 6.17 Å². The average Bonchev–Trinajstić information content (AvgIpc) is 3.00. The lowest BCUT2D eigenvalue weighted by Gasteiger charge is -2.28. The molecule has 0 unspecified atom stereocenters. The summed E-state index contributed by atoms with van der Waals surface area (Å²) in [4.78, 5) is 8.13. The summed E-state index contributed by atoms with van der Waals surface area (Å²) >= 11 is 0. The van der Waals surface area contributed by atoms with E-state index in [1.54, 1.807) is 0 Å². The molecule has 4 heteroatoms. The molecule has 2 heterocycles. The summed E-state index contributed by atoms with van der Waals surface area (Å²) in [6, 6.07) is 14.6. The van der Waals surface area contributed by atoms with Gasteiger partial charge in [-0.25, -0.2) is 4.85 Å². The van der Waals surface area contributed by atoms with Crippen LogP contribution in [-0.4, -0.2) is 18.1 Å². The summed E-state index contributed by atoms with van der Waals surface area (Å²) in [5.41, 5.74) is 5.09. The third-order valence-corrected chi connectivity index (χ3v) is 5.47. The lowest BCUT2D eigenvalue weighted by atomic mass is 10.1. The lowest BCUT2D eigenvalue weighted by Crippen LogP contribution is -2.37. The predicted molar refractivity (Wildman–Crippen MR) is 110 cm³/mol. The minimum atomic E-state index is 0.222. The minimum Gasteiger partial charge on any atom is -0.359 e. The summed E-state index contributed by atoms with van der Waals surface area (Å²) in [5, 5.41) is 2.41. The fourth-order valence-electron chi connectivity index (χ4n) is 3.71. The zero-order chi connectivity index (χ0) is 19.1. The second-order valence-corrected chi connectivity index (χ2v) is 7.14. The van der Waals surface area contributed by atoms with Crippen molar-refractivity contribution in [3.05, 3.63) is 83.7 Å². The van der Waals surface area contributed by atoms with E-state index in [2.05, 4.69) is 96.0 Å². The molecular formula is C23H23N4+. The smallest absolute Gasteiger partial charge is 0.205 e. The van der Waals surface area contributed by atoms with Gasteiger partial charge >= 0.3 is 0 Å². The van der Waals surface area contributed by atoms with Crippen LogP contribution in [-0.2, 0) is 0 Å². The first kappa shape index (κ1) is 17.1. The Morgan fingerprint density at radius 2 is 1.78 bits per heavy atom. The Morgan fingerprint density at radius 3 is 2.44 bits per heavy atom. The Hall–Kier alpha value is -3.32. The van der Waals surface area contributed by atoms with Gasteiger partial charge < -0.3 is 9.80 Å². The summed E-state index contributed by atoms with van der Waals surface area (Å²) in [7, 11) is 2.07. The molecule has 2 aromatic carbocycles. The molecule has 1 aromatic heterocycles. The number of aryl methyl sites for hydroxylation is 1. The average molecular weight is 355 g/mol.